The Morgan fingerprint density at radius 3 is 1.32 bits per heavy atom. The summed E-state index contributed by atoms with van der Waals surface area (Å²) >= 11 is 0. The van der Waals surface area contributed by atoms with Crippen molar-refractivity contribution in [3.63, 3.8) is 0 Å². The minimum absolute atomic E-state index is 0.143. The molecule has 0 aliphatic carbocycles. The van der Waals surface area contributed by atoms with E-state index in [0.29, 0.717) is 6.42 Å². The van der Waals surface area contributed by atoms with Gasteiger partial charge in [0.05, 0.1) is 26.1 Å². The molecule has 0 aromatic carbocycles. The molecule has 9 nitrogen and oxygen atoms in total. The molecule has 37 heavy (non-hydrogen) atoms. The van der Waals surface area contributed by atoms with Gasteiger partial charge in [0, 0.05) is 6.42 Å². The lowest BCUT2D eigenvalue weighted by Crippen LogP contribution is -2.28. The largest absolute Gasteiger partial charge is 0.481 e. The van der Waals surface area contributed by atoms with Crippen LogP contribution in [0.4, 0.5) is 0 Å². The van der Waals surface area contributed by atoms with Gasteiger partial charge in [-0.3, -0.25) is 14.4 Å². The SMILES string of the molecule is CCCCCCCCCCCCCCCCCC(=O)OCC(O)COCC(O)COC(=O)CCC(=O)O. The van der Waals surface area contributed by atoms with Crippen LogP contribution in [0.1, 0.15) is 122 Å². The van der Waals surface area contributed by atoms with E-state index in [4.69, 9.17) is 19.3 Å². The number of carboxylic acid groups (broad SMARTS) is 1. The lowest BCUT2D eigenvalue weighted by atomic mass is 10.0. The maximum absolute atomic E-state index is 11.8. The highest BCUT2D eigenvalue weighted by Gasteiger charge is 2.13. The Kier molecular flexibility index (Phi) is 24.7. The molecule has 0 rings (SSSR count). The summed E-state index contributed by atoms with van der Waals surface area (Å²) in [5, 5.41) is 28.0. The summed E-state index contributed by atoms with van der Waals surface area (Å²) in [6.07, 6.45) is 16.5. The number of carboxylic acids is 1. The van der Waals surface area contributed by atoms with Crippen LogP contribution in [0.15, 0.2) is 0 Å². The highest BCUT2D eigenvalue weighted by molar-refractivity contribution is 5.76. The summed E-state index contributed by atoms with van der Waals surface area (Å²) in [7, 11) is 0. The third kappa shape index (κ3) is 27.1. The van der Waals surface area contributed by atoms with Crippen LogP contribution in [0.3, 0.4) is 0 Å². The fraction of sp³-hybridized carbons (Fsp3) is 0.893. The molecular formula is C28H52O9. The van der Waals surface area contributed by atoms with E-state index < -0.39 is 24.1 Å². The number of aliphatic hydroxyl groups excluding tert-OH is 2. The molecule has 0 spiro atoms. The second-order valence-electron chi connectivity index (χ2n) is 9.80. The number of aliphatic hydroxyl groups is 2. The molecule has 0 bridgehead atoms. The van der Waals surface area contributed by atoms with Gasteiger partial charge in [0.1, 0.15) is 25.4 Å². The van der Waals surface area contributed by atoms with Gasteiger partial charge in [-0.1, -0.05) is 96.8 Å². The Bertz CT molecular complexity index is 568. The number of esters is 2. The Hall–Kier alpha value is -1.71. The number of rotatable bonds is 27. The number of carbonyl (C=O) groups is 3. The molecule has 0 saturated heterocycles. The van der Waals surface area contributed by atoms with Gasteiger partial charge < -0.3 is 29.5 Å². The van der Waals surface area contributed by atoms with Crippen LogP contribution in [-0.4, -0.2) is 71.9 Å². The van der Waals surface area contributed by atoms with Crippen LogP contribution in [0, 0.1) is 0 Å². The van der Waals surface area contributed by atoms with Crippen molar-refractivity contribution in [2.45, 2.75) is 135 Å². The molecule has 218 valence electrons. The van der Waals surface area contributed by atoms with E-state index in [1.807, 2.05) is 0 Å². The van der Waals surface area contributed by atoms with Gasteiger partial charge in [-0.15, -0.1) is 0 Å². The van der Waals surface area contributed by atoms with E-state index in [9.17, 15) is 24.6 Å². The smallest absolute Gasteiger partial charge is 0.306 e. The van der Waals surface area contributed by atoms with Crippen LogP contribution in [-0.2, 0) is 28.6 Å². The normalized spacial score (nSPS) is 12.7. The van der Waals surface area contributed by atoms with Gasteiger partial charge in [-0.2, -0.15) is 0 Å². The zero-order valence-corrected chi connectivity index (χ0v) is 23.0. The number of unbranched alkanes of at least 4 members (excludes halogenated alkanes) is 14. The van der Waals surface area contributed by atoms with Crippen LogP contribution >= 0.6 is 0 Å². The Morgan fingerprint density at radius 2 is 0.919 bits per heavy atom. The lowest BCUT2D eigenvalue weighted by Gasteiger charge is -2.15. The van der Waals surface area contributed by atoms with E-state index in [1.54, 1.807) is 0 Å². The molecule has 0 heterocycles. The summed E-state index contributed by atoms with van der Waals surface area (Å²) in [6, 6.07) is 0. The molecule has 0 aromatic heterocycles. The summed E-state index contributed by atoms with van der Waals surface area (Å²) in [5.74, 6) is -2.17. The van der Waals surface area contributed by atoms with E-state index >= 15 is 0 Å². The van der Waals surface area contributed by atoms with Crippen LogP contribution in [0.5, 0.6) is 0 Å². The average molecular weight is 533 g/mol. The maximum atomic E-state index is 11.8. The van der Waals surface area contributed by atoms with Crippen molar-refractivity contribution in [2.75, 3.05) is 26.4 Å². The number of aliphatic carboxylic acids is 1. The molecule has 9 heteroatoms. The zero-order valence-electron chi connectivity index (χ0n) is 23.0. The molecule has 0 radical (unpaired) electrons. The fourth-order valence-corrected chi connectivity index (χ4v) is 3.81. The summed E-state index contributed by atoms with van der Waals surface area (Å²) < 4.78 is 14.9. The Labute approximate surface area is 223 Å². The molecule has 0 aliphatic rings. The van der Waals surface area contributed by atoms with Crippen molar-refractivity contribution in [1.82, 2.24) is 0 Å². The van der Waals surface area contributed by atoms with E-state index in [1.165, 1.54) is 77.0 Å². The van der Waals surface area contributed by atoms with Crippen molar-refractivity contribution < 1.29 is 43.9 Å². The van der Waals surface area contributed by atoms with Gasteiger partial charge in [-0.25, -0.2) is 0 Å². The molecule has 0 fully saturated rings. The van der Waals surface area contributed by atoms with Crippen molar-refractivity contribution in [3.05, 3.63) is 0 Å². The number of carbonyl (C=O) groups excluding carboxylic acids is 2. The highest BCUT2D eigenvalue weighted by Crippen LogP contribution is 2.14. The predicted octanol–water partition coefficient (Wildman–Crippen LogP) is 4.94. The number of ether oxygens (including phenoxy) is 3. The minimum atomic E-state index is -1.11. The monoisotopic (exact) mass is 532 g/mol. The standard InChI is InChI=1S/C28H52O9/c1-2-3-4-5-6-7-8-9-10-11-12-13-14-15-16-17-27(33)36-22-24(29)20-35-21-25(30)23-37-28(34)19-18-26(31)32/h24-25,29-30H,2-23H2,1H3,(H,31,32). The first-order chi connectivity index (χ1) is 17.8. The molecule has 2 atom stereocenters. The van der Waals surface area contributed by atoms with Crippen LogP contribution in [0.25, 0.3) is 0 Å². The third-order valence-corrected chi connectivity index (χ3v) is 6.02. The quantitative estimate of drug-likeness (QED) is 0.0991. The van der Waals surface area contributed by atoms with Crippen molar-refractivity contribution in [2.24, 2.45) is 0 Å². The molecule has 0 saturated carbocycles. The van der Waals surface area contributed by atoms with Gasteiger partial charge >= 0.3 is 17.9 Å². The first-order valence-corrected chi connectivity index (χ1v) is 14.3. The fourth-order valence-electron chi connectivity index (χ4n) is 3.81. The average Bonchev–Trinajstić information content (AvgIpc) is 2.87. The molecule has 0 aromatic rings. The van der Waals surface area contributed by atoms with Crippen LogP contribution < -0.4 is 0 Å². The predicted molar refractivity (Wildman–Crippen MR) is 141 cm³/mol. The Morgan fingerprint density at radius 1 is 0.541 bits per heavy atom. The molecule has 0 aliphatic heterocycles. The molecule has 3 N–H and O–H groups in total. The topological polar surface area (TPSA) is 140 Å². The number of hydrogen-bond donors (Lipinski definition) is 3. The van der Waals surface area contributed by atoms with E-state index in [0.717, 1.165) is 19.3 Å². The van der Waals surface area contributed by atoms with Gasteiger partial charge in [0.15, 0.2) is 0 Å². The van der Waals surface area contributed by atoms with Gasteiger partial charge in [0.2, 0.25) is 0 Å². The van der Waals surface area contributed by atoms with Gasteiger partial charge in [-0.05, 0) is 6.42 Å². The molecule has 2 unspecified atom stereocenters. The maximum Gasteiger partial charge on any atom is 0.306 e. The summed E-state index contributed by atoms with van der Waals surface area (Å²) in [6.45, 7) is 1.41. The summed E-state index contributed by atoms with van der Waals surface area (Å²) in [4.78, 5) is 33.5. The Balaban J connectivity index is 3.46. The van der Waals surface area contributed by atoms with E-state index in [-0.39, 0.29) is 45.2 Å². The molecular weight excluding hydrogens is 480 g/mol. The van der Waals surface area contributed by atoms with Crippen molar-refractivity contribution >= 4 is 17.9 Å². The first kappa shape index (κ1) is 35.3. The van der Waals surface area contributed by atoms with Crippen molar-refractivity contribution in [1.29, 1.82) is 0 Å². The molecule has 0 amide bonds. The first-order valence-electron chi connectivity index (χ1n) is 14.3. The summed E-state index contributed by atoms with van der Waals surface area (Å²) in [5.41, 5.74) is 0. The third-order valence-electron chi connectivity index (χ3n) is 6.02. The second-order valence-corrected chi connectivity index (χ2v) is 9.80. The zero-order chi connectivity index (χ0) is 27.6. The second kappa shape index (κ2) is 25.9. The minimum Gasteiger partial charge on any atom is -0.481 e. The lowest BCUT2D eigenvalue weighted by molar-refractivity contribution is -0.151. The van der Waals surface area contributed by atoms with Crippen LogP contribution in [0.2, 0.25) is 0 Å². The van der Waals surface area contributed by atoms with Gasteiger partial charge in [0.25, 0.3) is 0 Å². The van der Waals surface area contributed by atoms with Crippen molar-refractivity contribution in [3.8, 4) is 0 Å². The highest BCUT2D eigenvalue weighted by atomic mass is 16.6. The number of hydrogen-bond acceptors (Lipinski definition) is 8. The van der Waals surface area contributed by atoms with E-state index in [2.05, 4.69) is 6.92 Å².